The van der Waals surface area contributed by atoms with Gasteiger partial charge in [0.25, 0.3) is 0 Å². The number of benzene rings is 3. The zero-order valence-corrected chi connectivity index (χ0v) is 13.1. The van der Waals surface area contributed by atoms with Gasteiger partial charge in [-0.3, -0.25) is 4.79 Å². The molecule has 3 aromatic rings. The lowest BCUT2D eigenvalue weighted by atomic mass is 10.1. The number of anilines is 2. The van der Waals surface area contributed by atoms with Crippen LogP contribution in [0.2, 0.25) is 0 Å². The molecule has 0 aliphatic carbocycles. The predicted molar refractivity (Wildman–Crippen MR) is 96.1 cm³/mol. The third kappa shape index (κ3) is 4.36. The van der Waals surface area contributed by atoms with E-state index in [1.165, 1.54) is 0 Å². The Balaban J connectivity index is 1.58. The van der Waals surface area contributed by atoms with Gasteiger partial charge >= 0.3 is 0 Å². The molecule has 0 saturated carbocycles. The Morgan fingerprint density at radius 3 is 2.29 bits per heavy atom. The molecule has 120 valence electrons. The lowest BCUT2D eigenvalue weighted by Crippen LogP contribution is -2.14. The van der Waals surface area contributed by atoms with Gasteiger partial charge in [-0.15, -0.1) is 0 Å². The number of carbonyl (C=O) groups excluding carboxylic acids is 1. The third-order valence-electron chi connectivity index (χ3n) is 3.43. The van der Waals surface area contributed by atoms with Gasteiger partial charge in [-0.25, -0.2) is 0 Å². The van der Waals surface area contributed by atoms with Crippen LogP contribution in [0.5, 0.6) is 11.5 Å². The molecule has 4 nitrogen and oxygen atoms in total. The Morgan fingerprint density at radius 2 is 1.58 bits per heavy atom. The van der Waals surface area contributed by atoms with Crippen LogP contribution in [-0.2, 0) is 11.2 Å². The largest absolute Gasteiger partial charge is 0.457 e. The molecule has 0 fully saturated rings. The molecule has 3 rings (SSSR count). The highest BCUT2D eigenvalue weighted by atomic mass is 16.5. The maximum atomic E-state index is 12.1. The predicted octanol–water partition coefficient (Wildman–Crippen LogP) is 4.24. The fraction of sp³-hybridized carbons (Fsp3) is 0.0500. The topological polar surface area (TPSA) is 64.4 Å². The summed E-state index contributed by atoms with van der Waals surface area (Å²) in [6.45, 7) is 0. The van der Waals surface area contributed by atoms with Crippen LogP contribution in [0.15, 0.2) is 78.9 Å². The molecular weight excluding hydrogens is 300 g/mol. The number of nitrogens with two attached hydrogens (primary N) is 1. The fourth-order valence-electron chi connectivity index (χ4n) is 2.32. The monoisotopic (exact) mass is 318 g/mol. The average molecular weight is 318 g/mol. The van der Waals surface area contributed by atoms with Crippen LogP contribution in [0.3, 0.4) is 0 Å². The summed E-state index contributed by atoms with van der Waals surface area (Å²) in [7, 11) is 0. The van der Waals surface area contributed by atoms with Crippen molar-refractivity contribution in [1.29, 1.82) is 0 Å². The van der Waals surface area contributed by atoms with E-state index in [1.807, 2.05) is 66.7 Å². The zero-order chi connectivity index (χ0) is 16.8. The van der Waals surface area contributed by atoms with Crippen LogP contribution in [0, 0.1) is 0 Å². The normalized spacial score (nSPS) is 10.2. The van der Waals surface area contributed by atoms with E-state index in [9.17, 15) is 4.79 Å². The Hall–Kier alpha value is -3.27. The highest BCUT2D eigenvalue weighted by molar-refractivity contribution is 5.92. The van der Waals surface area contributed by atoms with Crippen molar-refractivity contribution in [2.45, 2.75) is 6.42 Å². The van der Waals surface area contributed by atoms with Crippen LogP contribution in [0.4, 0.5) is 11.4 Å². The number of nitrogen functional groups attached to an aromatic ring is 1. The lowest BCUT2D eigenvalue weighted by molar-refractivity contribution is -0.115. The molecule has 4 heteroatoms. The fourth-order valence-corrected chi connectivity index (χ4v) is 2.32. The minimum Gasteiger partial charge on any atom is -0.457 e. The third-order valence-corrected chi connectivity index (χ3v) is 3.43. The molecule has 24 heavy (non-hydrogen) atoms. The first-order valence-corrected chi connectivity index (χ1v) is 7.66. The number of amides is 1. The molecule has 0 aliphatic rings. The quantitative estimate of drug-likeness (QED) is 0.691. The van der Waals surface area contributed by atoms with Gasteiger partial charge in [0.2, 0.25) is 5.91 Å². The van der Waals surface area contributed by atoms with Crippen LogP contribution in [-0.4, -0.2) is 5.91 Å². The van der Waals surface area contributed by atoms with Crippen LogP contribution < -0.4 is 15.8 Å². The molecule has 0 spiro atoms. The number of para-hydroxylation sites is 1. The Morgan fingerprint density at radius 1 is 0.875 bits per heavy atom. The van der Waals surface area contributed by atoms with Gasteiger partial charge in [-0.2, -0.15) is 0 Å². The first kappa shape index (κ1) is 15.6. The molecule has 3 aromatic carbocycles. The van der Waals surface area contributed by atoms with Crippen molar-refractivity contribution in [2.75, 3.05) is 11.1 Å². The average Bonchev–Trinajstić information content (AvgIpc) is 2.57. The summed E-state index contributed by atoms with van der Waals surface area (Å²) in [6.07, 6.45) is 0.285. The van der Waals surface area contributed by atoms with Crippen molar-refractivity contribution in [2.24, 2.45) is 0 Å². The van der Waals surface area contributed by atoms with Crippen molar-refractivity contribution in [3.63, 3.8) is 0 Å². The smallest absolute Gasteiger partial charge is 0.228 e. The SMILES string of the molecule is Nc1cccc(CC(=O)Nc2ccc(Oc3ccccc3)cc2)c1. The van der Waals surface area contributed by atoms with Crippen molar-refractivity contribution in [3.05, 3.63) is 84.4 Å². The van der Waals surface area contributed by atoms with Gasteiger partial charge in [-0.05, 0) is 54.1 Å². The molecule has 0 atom stereocenters. The minimum absolute atomic E-state index is 0.0858. The first-order valence-electron chi connectivity index (χ1n) is 7.66. The highest BCUT2D eigenvalue weighted by Gasteiger charge is 2.05. The molecule has 0 heterocycles. The van der Waals surface area contributed by atoms with E-state index < -0.39 is 0 Å². The van der Waals surface area contributed by atoms with E-state index in [2.05, 4.69) is 5.32 Å². The second kappa shape index (κ2) is 7.33. The van der Waals surface area contributed by atoms with Crippen molar-refractivity contribution in [1.82, 2.24) is 0 Å². The number of carbonyl (C=O) groups is 1. The van der Waals surface area contributed by atoms with E-state index in [-0.39, 0.29) is 12.3 Å². The molecule has 1 amide bonds. The van der Waals surface area contributed by atoms with Crippen molar-refractivity contribution in [3.8, 4) is 11.5 Å². The highest BCUT2D eigenvalue weighted by Crippen LogP contribution is 2.22. The minimum atomic E-state index is -0.0858. The second-order valence-electron chi connectivity index (χ2n) is 5.41. The van der Waals surface area contributed by atoms with Gasteiger partial charge in [0.05, 0.1) is 6.42 Å². The molecular formula is C20H18N2O2. The van der Waals surface area contributed by atoms with Gasteiger partial charge in [-0.1, -0.05) is 30.3 Å². The molecule has 0 bridgehead atoms. The van der Waals surface area contributed by atoms with E-state index in [4.69, 9.17) is 10.5 Å². The maximum Gasteiger partial charge on any atom is 0.228 e. The van der Waals surface area contributed by atoms with Crippen LogP contribution >= 0.6 is 0 Å². The second-order valence-corrected chi connectivity index (χ2v) is 5.41. The molecule has 0 radical (unpaired) electrons. The Bertz CT molecular complexity index is 815. The molecule has 0 aromatic heterocycles. The summed E-state index contributed by atoms with van der Waals surface area (Å²) >= 11 is 0. The molecule has 0 unspecified atom stereocenters. The van der Waals surface area contributed by atoms with Gasteiger partial charge in [0.15, 0.2) is 0 Å². The van der Waals surface area contributed by atoms with E-state index in [1.54, 1.807) is 12.1 Å². The van der Waals surface area contributed by atoms with E-state index >= 15 is 0 Å². The Kier molecular flexibility index (Phi) is 4.77. The standard InChI is InChI=1S/C20H18N2O2/c21-16-6-4-5-15(13-16)14-20(23)22-17-9-11-19(12-10-17)24-18-7-2-1-3-8-18/h1-13H,14,21H2,(H,22,23). The summed E-state index contributed by atoms with van der Waals surface area (Å²) in [6, 6.07) is 24.1. The van der Waals surface area contributed by atoms with Gasteiger partial charge in [0, 0.05) is 11.4 Å². The van der Waals surface area contributed by atoms with E-state index in [0.717, 1.165) is 22.7 Å². The van der Waals surface area contributed by atoms with Crippen LogP contribution in [0.25, 0.3) is 0 Å². The summed E-state index contributed by atoms with van der Waals surface area (Å²) in [5, 5.41) is 2.87. The van der Waals surface area contributed by atoms with Gasteiger partial charge < -0.3 is 15.8 Å². The van der Waals surface area contributed by atoms with E-state index in [0.29, 0.717) is 5.69 Å². The summed E-state index contributed by atoms with van der Waals surface area (Å²) in [4.78, 5) is 12.1. The maximum absolute atomic E-state index is 12.1. The molecule has 0 saturated heterocycles. The first-order chi connectivity index (χ1) is 11.7. The summed E-state index contributed by atoms with van der Waals surface area (Å²) in [5.74, 6) is 1.41. The summed E-state index contributed by atoms with van der Waals surface area (Å²) in [5.41, 5.74) is 7.99. The Labute approximate surface area is 140 Å². The number of hydrogen-bond donors (Lipinski definition) is 2. The van der Waals surface area contributed by atoms with Crippen LogP contribution in [0.1, 0.15) is 5.56 Å². The molecule has 3 N–H and O–H groups in total. The number of nitrogens with one attached hydrogen (secondary N) is 1. The lowest BCUT2D eigenvalue weighted by Gasteiger charge is -2.08. The zero-order valence-electron chi connectivity index (χ0n) is 13.1. The van der Waals surface area contributed by atoms with Crippen molar-refractivity contribution >= 4 is 17.3 Å². The van der Waals surface area contributed by atoms with Gasteiger partial charge in [0.1, 0.15) is 11.5 Å². The molecule has 0 aliphatic heterocycles. The summed E-state index contributed by atoms with van der Waals surface area (Å²) < 4.78 is 5.72. The number of rotatable bonds is 5. The number of ether oxygens (including phenoxy) is 1. The number of hydrogen-bond acceptors (Lipinski definition) is 3. The van der Waals surface area contributed by atoms with Crippen molar-refractivity contribution < 1.29 is 9.53 Å².